The number of hydrogen-bond acceptors (Lipinski definition) is 4. The lowest BCUT2D eigenvalue weighted by atomic mass is 10.1. The van der Waals surface area contributed by atoms with Crippen molar-refractivity contribution in [2.75, 3.05) is 13.2 Å². The van der Waals surface area contributed by atoms with Gasteiger partial charge in [0.15, 0.2) is 0 Å². The predicted molar refractivity (Wildman–Crippen MR) is 97.2 cm³/mol. The van der Waals surface area contributed by atoms with E-state index < -0.39 is 6.10 Å². The zero-order chi connectivity index (χ0) is 18.1. The number of hydrogen-bond donors (Lipinski definition) is 1. The van der Waals surface area contributed by atoms with E-state index in [0.717, 1.165) is 30.6 Å². The van der Waals surface area contributed by atoms with E-state index in [1.165, 1.54) is 6.42 Å². The Morgan fingerprint density at radius 3 is 2.64 bits per heavy atom. The Kier molecular flexibility index (Phi) is 8.38. The maximum Gasteiger partial charge on any atom is 0.249 e. The fourth-order valence-electron chi connectivity index (χ4n) is 2.72. The first-order chi connectivity index (χ1) is 12.1. The molecule has 140 valence electrons. The summed E-state index contributed by atoms with van der Waals surface area (Å²) >= 11 is 0. The molecule has 1 saturated heterocycles. The van der Waals surface area contributed by atoms with Gasteiger partial charge in [0.25, 0.3) is 0 Å². The largest absolute Gasteiger partial charge is 0.376 e. The summed E-state index contributed by atoms with van der Waals surface area (Å²) in [4.78, 5) is 12.3. The van der Waals surface area contributed by atoms with E-state index >= 15 is 0 Å². The van der Waals surface area contributed by atoms with Gasteiger partial charge in [-0.25, -0.2) is 0 Å². The van der Waals surface area contributed by atoms with Crippen molar-refractivity contribution >= 4 is 5.91 Å². The van der Waals surface area contributed by atoms with Gasteiger partial charge < -0.3 is 19.5 Å². The highest BCUT2D eigenvalue weighted by Gasteiger charge is 2.19. The van der Waals surface area contributed by atoms with E-state index in [1.54, 1.807) is 6.92 Å². The minimum Gasteiger partial charge on any atom is -0.376 e. The normalized spacial score (nSPS) is 19.0. The first-order valence-electron chi connectivity index (χ1n) is 9.25. The molecule has 0 aliphatic carbocycles. The monoisotopic (exact) mass is 349 g/mol. The van der Waals surface area contributed by atoms with Crippen molar-refractivity contribution in [2.24, 2.45) is 0 Å². The van der Waals surface area contributed by atoms with E-state index in [9.17, 15) is 4.79 Å². The number of carbonyl (C=O) groups is 1. The molecule has 2 rings (SSSR count). The third kappa shape index (κ3) is 7.14. The van der Waals surface area contributed by atoms with Crippen molar-refractivity contribution in [3.63, 3.8) is 0 Å². The summed E-state index contributed by atoms with van der Waals surface area (Å²) in [5.41, 5.74) is 2.17. The van der Waals surface area contributed by atoms with Crippen LogP contribution in [0.4, 0.5) is 0 Å². The molecule has 25 heavy (non-hydrogen) atoms. The molecular weight excluding hydrogens is 318 g/mol. The van der Waals surface area contributed by atoms with Crippen LogP contribution in [-0.2, 0) is 32.2 Å². The van der Waals surface area contributed by atoms with Crippen molar-refractivity contribution < 1.29 is 19.0 Å². The smallest absolute Gasteiger partial charge is 0.249 e. The van der Waals surface area contributed by atoms with Crippen LogP contribution in [0.5, 0.6) is 0 Å². The standard InChI is InChI=1S/C20H31NO4/c1-15(2)24-13-18-9-5-4-8-17(18)12-21-20(22)16(3)25-14-19-10-6-7-11-23-19/h4-5,8-9,15-16,19H,6-7,10-14H2,1-3H3,(H,21,22). The number of nitrogens with one attached hydrogen (secondary N) is 1. The Labute approximate surface area is 151 Å². The Morgan fingerprint density at radius 1 is 1.20 bits per heavy atom. The number of ether oxygens (including phenoxy) is 3. The lowest BCUT2D eigenvalue weighted by Gasteiger charge is -2.24. The zero-order valence-corrected chi connectivity index (χ0v) is 15.6. The van der Waals surface area contributed by atoms with Crippen LogP contribution in [0.25, 0.3) is 0 Å². The second-order valence-electron chi connectivity index (χ2n) is 6.81. The van der Waals surface area contributed by atoms with Gasteiger partial charge in [-0.3, -0.25) is 4.79 Å². The van der Waals surface area contributed by atoms with Gasteiger partial charge in [-0.1, -0.05) is 24.3 Å². The highest BCUT2D eigenvalue weighted by Crippen LogP contribution is 2.14. The molecule has 1 aromatic rings. The fraction of sp³-hybridized carbons (Fsp3) is 0.650. The molecule has 0 bridgehead atoms. The zero-order valence-electron chi connectivity index (χ0n) is 15.6. The maximum atomic E-state index is 12.3. The quantitative estimate of drug-likeness (QED) is 0.744. The molecule has 1 aromatic carbocycles. The molecular formula is C20H31NO4. The van der Waals surface area contributed by atoms with Crippen LogP contribution in [0.1, 0.15) is 51.2 Å². The summed E-state index contributed by atoms with van der Waals surface area (Å²) < 4.78 is 17.0. The second kappa shape index (κ2) is 10.5. The summed E-state index contributed by atoms with van der Waals surface area (Å²) in [5.74, 6) is -0.101. The van der Waals surface area contributed by atoms with E-state index in [0.29, 0.717) is 19.8 Å². The Morgan fingerprint density at radius 2 is 1.96 bits per heavy atom. The van der Waals surface area contributed by atoms with Crippen LogP contribution in [0.2, 0.25) is 0 Å². The van der Waals surface area contributed by atoms with Crippen LogP contribution in [0.3, 0.4) is 0 Å². The van der Waals surface area contributed by atoms with Gasteiger partial charge in [0.1, 0.15) is 6.10 Å². The molecule has 0 saturated carbocycles. The second-order valence-corrected chi connectivity index (χ2v) is 6.81. The number of carbonyl (C=O) groups excluding carboxylic acids is 1. The van der Waals surface area contributed by atoms with Crippen molar-refractivity contribution in [3.8, 4) is 0 Å². The summed E-state index contributed by atoms with van der Waals surface area (Å²) in [5, 5.41) is 2.95. The molecule has 1 aliphatic heterocycles. The fourth-order valence-corrected chi connectivity index (χ4v) is 2.72. The molecule has 1 heterocycles. The highest BCUT2D eigenvalue weighted by atomic mass is 16.5. The molecule has 0 radical (unpaired) electrons. The van der Waals surface area contributed by atoms with Gasteiger partial charge in [0.2, 0.25) is 5.91 Å². The minimum absolute atomic E-state index is 0.101. The van der Waals surface area contributed by atoms with E-state index in [1.807, 2.05) is 38.1 Å². The SMILES string of the molecule is CC(C)OCc1ccccc1CNC(=O)C(C)OCC1CCCCO1. The Hall–Kier alpha value is -1.43. The number of benzene rings is 1. The van der Waals surface area contributed by atoms with E-state index in [2.05, 4.69) is 5.32 Å². The van der Waals surface area contributed by atoms with Crippen LogP contribution in [0.15, 0.2) is 24.3 Å². The first kappa shape index (κ1) is 19.9. The molecule has 1 N–H and O–H groups in total. The first-order valence-corrected chi connectivity index (χ1v) is 9.25. The topological polar surface area (TPSA) is 56.8 Å². The molecule has 1 amide bonds. The highest BCUT2D eigenvalue weighted by molar-refractivity contribution is 5.80. The van der Waals surface area contributed by atoms with Crippen LogP contribution in [-0.4, -0.2) is 37.4 Å². The molecule has 1 fully saturated rings. The summed E-state index contributed by atoms with van der Waals surface area (Å²) in [6.07, 6.45) is 3.12. The minimum atomic E-state index is -0.482. The molecule has 2 unspecified atom stereocenters. The molecule has 5 nitrogen and oxygen atoms in total. The molecule has 0 aromatic heterocycles. The summed E-state index contributed by atoms with van der Waals surface area (Å²) in [6.45, 7) is 8.11. The van der Waals surface area contributed by atoms with Crippen molar-refractivity contribution in [1.82, 2.24) is 5.32 Å². The van der Waals surface area contributed by atoms with Gasteiger partial charge in [0.05, 0.1) is 25.4 Å². The van der Waals surface area contributed by atoms with Crippen molar-refractivity contribution in [3.05, 3.63) is 35.4 Å². The van der Waals surface area contributed by atoms with Crippen LogP contribution < -0.4 is 5.32 Å². The molecule has 0 spiro atoms. The average molecular weight is 349 g/mol. The van der Waals surface area contributed by atoms with Gasteiger partial charge in [-0.15, -0.1) is 0 Å². The van der Waals surface area contributed by atoms with E-state index in [4.69, 9.17) is 14.2 Å². The number of rotatable bonds is 9. The Bertz CT molecular complexity index is 526. The molecule has 1 aliphatic rings. The third-order valence-electron chi connectivity index (χ3n) is 4.32. The Balaban J connectivity index is 1.76. The third-order valence-corrected chi connectivity index (χ3v) is 4.32. The lowest BCUT2D eigenvalue weighted by Crippen LogP contribution is -2.36. The van der Waals surface area contributed by atoms with Crippen LogP contribution >= 0.6 is 0 Å². The van der Waals surface area contributed by atoms with Crippen LogP contribution in [0, 0.1) is 0 Å². The van der Waals surface area contributed by atoms with Gasteiger partial charge >= 0.3 is 0 Å². The maximum absolute atomic E-state index is 12.3. The average Bonchev–Trinajstić information content (AvgIpc) is 2.63. The predicted octanol–water partition coefficient (Wildman–Crippen LogP) is 3.20. The lowest BCUT2D eigenvalue weighted by molar-refractivity contribution is -0.135. The molecule has 5 heteroatoms. The van der Waals surface area contributed by atoms with E-state index in [-0.39, 0.29) is 18.1 Å². The van der Waals surface area contributed by atoms with Crippen molar-refractivity contribution in [2.45, 2.75) is 71.5 Å². The summed E-state index contributed by atoms with van der Waals surface area (Å²) in [6, 6.07) is 8.01. The van der Waals surface area contributed by atoms with Gasteiger partial charge in [0, 0.05) is 13.2 Å². The van der Waals surface area contributed by atoms with Gasteiger partial charge in [-0.05, 0) is 51.2 Å². The summed E-state index contributed by atoms with van der Waals surface area (Å²) in [7, 11) is 0. The number of amides is 1. The van der Waals surface area contributed by atoms with Gasteiger partial charge in [-0.2, -0.15) is 0 Å². The van der Waals surface area contributed by atoms with Crippen molar-refractivity contribution in [1.29, 1.82) is 0 Å². The molecule has 2 atom stereocenters.